The van der Waals surface area contributed by atoms with Gasteiger partial charge in [0.1, 0.15) is 0 Å². The van der Waals surface area contributed by atoms with Crippen molar-refractivity contribution in [2.75, 3.05) is 53.9 Å². The molecule has 0 bridgehead atoms. The summed E-state index contributed by atoms with van der Waals surface area (Å²) in [5.74, 6) is 0.745. The van der Waals surface area contributed by atoms with Crippen molar-refractivity contribution in [3.05, 3.63) is 0 Å². The fourth-order valence-corrected chi connectivity index (χ4v) is 4.61. The zero-order valence-electron chi connectivity index (χ0n) is 15.2. The first kappa shape index (κ1) is 19.6. The van der Waals surface area contributed by atoms with Gasteiger partial charge in [-0.1, -0.05) is 0 Å². The lowest BCUT2D eigenvalue weighted by atomic mass is 9.93. The number of piperidine rings is 2. The van der Waals surface area contributed by atoms with Crippen LogP contribution in [-0.2, 0) is 15.0 Å². The Hall–Kier alpha value is -0.700. The van der Waals surface area contributed by atoms with Gasteiger partial charge in [0.25, 0.3) is 10.2 Å². The topological polar surface area (TPSA) is 73.0 Å². The molecule has 0 atom stereocenters. The average molecular weight is 361 g/mol. The van der Waals surface area contributed by atoms with Crippen LogP contribution in [0.25, 0.3) is 0 Å². The molecule has 0 unspecified atom stereocenters. The van der Waals surface area contributed by atoms with Gasteiger partial charge in [0.2, 0.25) is 5.91 Å². The number of carbonyl (C=O) groups excluding carboxylic acids is 1. The molecule has 0 aliphatic carbocycles. The average Bonchev–Trinajstić information content (AvgIpc) is 2.56. The van der Waals surface area contributed by atoms with E-state index in [9.17, 15) is 13.2 Å². The van der Waals surface area contributed by atoms with E-state index < -0.39 is 10.2 Å². The van der Waals surface area contributed by atoms with Gasteiger partial charge in [-0.3, -0.25) is 4.79 Å². The molecule has 0 aromatic rings. The maximum absolute atomic E-state index is 12.3. The largest absolute Gasteiger partial charge is 0.356 e. The van der Waals surface area contributed by atoms with Gasteiger partial charge in [-0.15, -0.1) is 0 Å². The summed E-state index contributed by atoms with van der Waals surface area (Å²) in [5.41, 5.74) is 0. The van der Waals surface area contributed by atoms with Gasteiger partial charge < -0.3 is 10.2 Å². The summed E-state index contributed by atoms with van der Waals surface area (Å²) in [4.78, 5) is 14.6. The molecule has 1 amide bonds. The molecular formula is C16H32N4O3S. The van der Waals surface area contributed by atoms with E-state index in [-0.39, 0.29) is 11.8 Å². The van der Waals surface area contributed by atoms with Crippen LogP contribution in [0.15, 0.2) is 0 Å². The van der Waals surface area contributed by atoms with Crippen LogP contribution in [0.5, 0.6) is 0 Å². The molecule has 0 radical (unpaired) electrons. The van der Waals surface area contributed by atoms with Crippen molar-refractivity contribution in [1.29, 1.82) is 0 Å². The highest BCUT2D eigenvalue weighted by atomic mass is 32.2. The van der Waals surface area contributed by atoms with Crippen LogP contribution in [0.4, 0.5) is 0 Å². The van der Waals surface area contributed by atoms with Crippen molar-refractivity contribution in [3.8, 4) is 0 Å². The van der Waals surface area contributed by atoms with Crippen LogP contribution in [-0.4, -0.2) is 81.7 Å². The molecule has 2 fully saturated rings. The van der Waals surface area contributed by atoms with Crippen molar-refractivity contribution >= 4 is 16.1 Å². The molecule has 0 aromatic carbocycles. The molecule has 2 aliphatic rings. The Kier molecular flexibility index (Phi) is 7.03. The highest BCUT2D eigenvalue weighted by Crippen LogP contribution is 2.21. The minimum absolute atomic E-state index is 0.0592. The van der Waals surface area contributed by atoms with E-state index in [2.05, 4.69) is 17.3 Å². The van der Waals surface area contributed by atoms with E-state index in [1.165, 1.54) is 35.5 Å². The molecule has 2 heterocycles. The lowest BCUT2D eigenvalue weighted by molar-refractivity contribution is -0.126. The summed E-state index contributed by atoms with van der Waals surface area (Å²) in [5, 5.41) is 3.06. The van der Waals surface area contributed by atoms with Gasteiger partial charge in [0.15, 0.2) is 0 Å². The van der Waals surface area contributed by atoms with Crippen molar-refractivity contribution in [2.24, 2.45) is 11.8 Å². The van der Waals surface area contributed by atoms with E-state index >= 15 is 0 Å². The highest BCUT2D eigenvalue weighted by Gasteiger charge is 2.32. The molecule has 8 heteroatoms. The van der Waals surface area contributed by atoms with Crippen molar-refractivity contribution in [1.82, 2.24) is 18.8 Å². The monoisotopic (exact) mass is 360 g/mol. The van der Waals surface area contributed by atoms with Crippen molar-refractivity contribution in [3.63, 3.8) is 0 Å². The molecule has 0 aromatic heterocycles. The van der Waals surface area contributed by atoms with Crippen molar-refractivity contribution in [2.45, 2.75) is 32.1 Å². The van der Waals surface area contributed by atoms with Crippen LogP contribution < -0.4 is 5.32 Å². The number of likely N-dealkylation sites (tertiary alicyclic amines) is 1. The number of rotatable bonds is 6. The van der Waals surface area contributed by atoms with E-state index in [0.717, 1.165) is 26.1 Å². The second-order valence-corrected chi connectivity index (χ2v) is 9.43. The van der Waals surface area contributed by atoms with Gasteiger partial charge >= 0.3 is 0 Å². The maximum Gasteiger partial charge on any atom is 0.281 e. The van der Waals surface area contributed by atoms with Gasteiger partial charge in [-0.25, -0.2) is 0 Å². The zero-order valence-corrected chi connectivity index (χ0v) is 16.0. The number of hydrogen-bond donors (Lipinski definition) is 1. The first-order valence-corrected chi connectivity index (χ1v) is 10.3. The van der Waals surface area contributed by atoms with Crippen LogP contribution in [0.1, 0.15) is 32.1 Å². The number of nitrogens with zero attached hydrogens (tertiary/aromatic N) is 3. The minimum Gasteiger partial charge on any atom is -0.356 e. The Labute approximate surface area is 146 Å². The highest BCUT2D eigenvalue weighted by molar-refractivity contribution is 7.86. The second-order valence-electron chi connectivity index (χ2n) is 7.29. The third-order valence-electron chi connectivity index (χ3n) is 5.30. The summed E-state index contributed by atoms with van der Waals surface area (Å²) >= 11 is 0. The number of nitrogens with one attached hydrogen (secondary N) is 1. The third-order valence-corrected chi connectivity index (χ3v) is 7.24. The first-order chi connectivity index (χ1) is 11.3. The lowest BCUT2D eigenvalue weighted by Crippen LogP contribution is -2.47. The summed E-state index contributed by atoms with van der Waals surface area (Å²) in [6.45, 7) is 3.89. The number of carbonyl (C=O) groups is 1. The predicted molar refractivity (Wildman–Crippen MR) is 94.8 cm³/mol. The van der Waals surface area contributed by atoms with Gasteiger partial charge in [0.05, 0.1) is 0 Å². The maximum atomic E-state index is 12.3. The summed E-state index contributed by atoms with van der Waals surface area (Å²) < 4.78 is 26.9. The van der Waals surface area contributed by atoms with Crippen LogP contribution in [0.2, 0.25) is 0 Å². The third kappa shape index (κ3) is 5.15. The Bertz CT molecular complexity index is 507. The normalized spacial score (nSPS) is 22.8. The number of amides is 1. The zero-order chi connectivity index (χ0) is 17.7. The Balaban J connectivity index is 1.68. The molecule has 0 spiro atoms. The Morgan fingerprint density at radius 3 is 2.21 bits per heavy atom. The molecule has 7 nitrogen and oxygen atoms in total. The fraction of sp³-hybridized carbons (Fsp3) is 0.938. The standard InChI is InChI=1S/C16H32N4O3S/c1-18(2)24(22,23)20-12-7-15(8-13-20)16(21)17-9-4-14-5-10-19(3)11-6-14/h14-15H,4-13H2,1-3H3,(H,17,21). The molecule has 2 saturated heterocycles. The van der Waals surface area contributed by atoms with Crippen molar-refractivity contribution < 1.29 is 13.2 Å². The van der Waals surface area contributed by atoms with Gasteiger partial charge in [-0.05, 0) is 58.2 Å². The van der Waals surface area contributed by atoms with E-state index in [1.807, 2.05) is 0 Å². The van der Waals surface area contributed by atoms with E-state index in [0.29, 0.717) is 31.8 Å². The Morgan fingerprint density at radius 1 is 1.08 bits per heavy atom. The smallest absolute Gasteiger partial charge is 0.281 e. The van der Waals surface area contributed by atoms with Crippen LogP contribution >= 0.6 is 0 Å². The molecule has 24 heavy (non-hydrogen) atoms. The molecular weight excluding hydrogens is 328 g/mol. The quantitative estimate of drug-likeness (QED) is 0.742. The Morgan fingerprint density at radius 2 is 1.67 bits per heavy atom. The molecule has 2 aliphatic heterocycles. The predicted octanol–water partition coefficient (Wildman–Crippen LogP) is 0.353. The second kappa shape index (κ2) is 8.60. The SMILES string of the molecule is CN1CCC(CCNC(=O)C2CCN(S(=O)(=O)N(C)C)CC2)CC1. The molecule has 1 N–H and O–H groups in total. The fourth-order valence-electron chi connectivity index (χ4n) is 3.47. The van der Waals surface area contributed by atoms with Gasteiger partial charge in [0, 0.05) is 39.6 Å². The van der Waals surface area contributed by atoms with Gasteiger partial charge in [-0.2, -0.15) is 17.0 Å². The molecule has 0 saturated carbocycles. The summed E-state index contributed by atoms with van der Waals surface area (Å²) in [6.07, 6.45) is 4.69. The van der Waals surface area contributed by atoms with E-state index in [1.54, 1.807) is 0 Å². The first-order valence-electron chi connectivity index (χ1n) is 8.94. The van der Waals surface area contributed by atoms with Crippen LogP contribution in [0, 0.1) is 11.8 Å². The molecule has 140 valence electrons. The van der Waals surface area contributed by atoms with Crippen LogP contribution in [0.3, 0.4) is 0 Å². The van der Waals surface area contributed by atoms with E-state index in [4.69, 9.17) is 0 Å². The number of hydrogen-bond acceptors (Lipinski definition) is 4. The lowest BCUT2D eigenvalue weighted by Gasteiger charge is -2.32. The molecule has 2 rings (SSSR count). The summed E-state index contributed by atoms with van der Waals surface area (Å²) in [6, 6.07) is 0. The summed E-state index contributed by atoms with van der Waals surface area (Å²) in [7, 11) is 1.88. The minimum atomic E-state index is -3.35.